The zero-order valence-electron chi connectivity index (χ0n) is 20.6. The number of benzene rings is 3. The minimum atomic E-state index is -4.15. The van der Waals surface area contributed by atoms with E-state index in [1.54, 1.807) is 41.0 Å². The summed E-state index contributed by atoms with van der Waals surface area (Å²) < 4.78 is 36.0. The van der Waals surface area contributed by atoms with Crippen LogP contribution < -0.4 is 5.32 Å². The summed E-state index contributed by atoms with van der Waals surface area (Å²) >= 11 is 3.21. The Morgan fingerprint density at radius 1 is 0.897 bits per heavy atom. The van der Waals surface area contributed by atoms with Crippen molar-refractivity contribution in [2.24, 2.45) is 0 Å². The number of carbonyl (C=O) groups excluding carboxylic acids is 1. The molecule has 0 atom stereocenters. The zero-order valence-corrected chi connectivity index (χ0v) is 23.0. The zero-order chi connectivity index (χ0) is 27.1. The third-order valence-electron chi connectivity index (χ3n) is 6.32. The van der Waals surface area contributed by atoms with Crippen LogP contribution in [-0.2, 0) is 16.4 Å². The number of rotatable bonds is 6. The number of aryl methyl sites for hydroxylation is 1. The van der Waals surface area contributed by atoms with Crippen molar-refractivity contribution in [1.82, 2.24) is 14.5 Å². The first-order valence-corrected chi connectivity index (χ1v) is 14.3. The number of nitrogens with zero attached hydrogens (tertiary/aromatic N) is 3. The quantitative estimate of drug-likeness (QED) is 0.237. The van der Waals surface area contributed by atoms with E-state index in [1.807, 2.05) is 55.5 Å². The highest BCUT2D eigenvalue weighted by atomic mass is 79.9. The smallest absolute Gasteiger partial charge is 0.292 e. The van der Waals surface area contributed by atoms with Crippen LogP contribution in [0.25, 0.3) is 22.2 Å². The molecule has 0 saturated carbocycles. The van der Waals surface area contributed by atoms with Crippen molar-refractivity contribution in [1.29, 1.82) is 0 Å². The highest BCUT2D eigenvalue weighted by Gasteiger charge is 2.33. The van der Waals surface area contributed by atoms with Crippen molar-refractivity contribution in [2.75, 3.05) is 5.32 Å². The molecule has 194 valence electrons. The summed E-state index contributed by atoms with van der Waals surface area (Å²) in [4.78, 5) is 22.8. The number of halogens is 1. The lowest BCUT2D eigenvalue weighted by Gasteiger charge is -2.13. The first-order chi connectivity index (χ1) is 18.8. The molecule has 0 radical (unpaired) electrons. The molecule has 3 heterocycles. The molecule has 3 aromatic carbocycles. The van der Waals surface area contributed by atoms with Crippen LogP contribution >= 0.6 is 15.9 Å². The maximum atomic E-state index is 14.2. The predicted molar refractivity (Wildman–Crippen MR) is 152 cm³/mol. The SMILES string of the molecule is Cc1ccc(S(=O)(=O)c2c(NC(=O)c3ccc(Br)o3)n(Cc3ccccc3)c3nc4ccccc4nc23)cc1. The number of nitrogens with one attached hydrogen (secondary N) is 1. The Morgan fingerprint density at radius 2 is 1.56 bits per heavy atom. The number of para-hydroxylation sites is 2. The molecular formula is C29H21BrN4O4S. The first kappa shape index (κ1) is 25.0. The minimum absolute atomic E-state index is 0.0168. The van der Waals surface area contributed by atoms with E-state index in [1.165, 1.54) is 6.07 Å². The summed E-state index contributed by atoms with van der Waals surface area (Å²) in [5, 5.41) is 2.81. The average Bonchev–Trinajstić information content (AvgIpc) is 3.49. The molecule has 0 aliphatic carbocycles. The van der Waals surface area contributed by atoms with Gasteiger partial charge in [-0.05, 0) is 64.8 Å². The third kappa shape index (κ3) is 4.62. The number of amides is 1. The van der Waals surface area contributed by atoms with Gasteiger partial charge >= 0.3 is 0 Å². The standard InChI is InChI=1S/C29H21BrN4O4S/c1-18-11-13-20(14-12-18)39(36,37)26-25-27(32-22-10-6-5-9-21(22)31-25)34(17-19-7-3-2-4-8-19)28(26)33-29(35)23-15-16-24(30)38-23/h2-16H,17H2,1H3,(H,33,35). The Morgan fingerprint density at radius 3 is 2.23 bits per heavy atom. The van der Waals surface area contributed by atoms with E-state index < -0.39 is 15.7 Å². The lowest BCUT2D eigenvalue weighted by Crippen LogP contribution is -2.17. The fraction of sp³-hybridized carbons (Fsp3) is 0.0690. The number of furan rings is 1. The van der Waals surface area contributed by atoms with E-state index in [2.05, 4.69) is 21.2 Å². The summed E-state index contributed by atoms with van der Waals surface area (Å²) in [6, 6.07) is 26.4. The van der Waals surface area contributed by atoms with Gasteiger partial charge in [-0.25, -0.2) is 18.4 Å². The molecule has 6 aromatic rings. The Kier molecular flexibility index (Phi) is 6.28. The van der Waals surface area contributed by atoms with Crippen LogP contribution in [0.3, 0.4) is 0 Å². The van der Waals surface area contributed by atoms with Gasteiger partial charge in [0.15, 0.2) is 16.1 Å². The molecule has 0 bridgehead atoms. The van der Waals surface area contributed by atoms with Gasteiger partial charge in [-0.2, -0.15) is 0 Å². The number of sulfone groups is 1. The molecule has 0 fully saturated rings. The molecule has 6 rings (SSSR count). The van der Waals surface area contributed by atoms with Crippen LogP contribution in [0.2, 0.25) is 0 Å². The molecular weight excluding hydrogens is 580 g/mol. The second-order valence-corrected chi connectivity index (χ2v) is 11.7. The van der Waals surface area contributed by atoms with Crippen molar-refractivity contribution in [2.45, 2.75) is 23.3 Å². The van der Waals surface area contributed by atoms with Crippen molar-refractivity contribution >= 4 is 59.7 Å². The van der Waals surface area contributed by atoms with Crippen LogP contribution in [0, 0.1) is 6.92 Å². The van der Waals surface area contributed by atoms with Gasteiger partial charge in [-0.15, -0.1) is 0 Å². The monoisotopic (exact) mass is 600 g/mol. The van der Waals surface area contributed by atoms with E-state index in [4.69, 9.17) is 14.4 Å². The average molecular weight is 601 g/mol. The summed E-state index contributed by atoms with van der Waals surface area (Å²) in [6.07, 6.45) is 0. The van der Waals surface area contributed by atoms with Gasteiger partial charge in [-0.3, -0.25) is 4.79 Å². The number of carbonyl (C=O) groups is 1. The van der Waals surface area contributed by atoms with Crippen LogP contribution in [-0.4, -0.2) is 28.9 Å². The predicted octanol–water partition coefficient (Wildman–Crippen LogP) is 6.38. The summed E-state index contributed by atoms with van der Waals surface area (Å²) in [7, 11) is -4.15. The van der Waals surface area contributed by atoms with E-state index in [9.17, 15) is 13.2 Å². The van der Waals surface area contributed by atoms with E-state index in [0.717, 1.165) is 11.1 Å². The molecule has 39 heavy (non-hydrogen) atoms. The van der Waals surface area contributed by atoms with Crippen LogP contribution in [0.4, 0.5) is 5.82 Å². The third-order valence-corrected chi connectivity index (χ3v) is 8.56. The van der Waals surface area contributed by atoms with E-state index >= 15 is 0 Å². The molecule has 10 heteroatoms. The minimum Gasteiger partial charge on any atom is -0.444 e. The molecule has 0 aliphatic heterocycles. The largest absolute Gasteiger partial charge is 0.444 e. The number of aromatic nitrogens is 3. The summed E-state index contributed by atoms with van der Waals surface area (Å²) in [5.74, 6) is -0.534. The van der Waals surface area contributed by atoms with Gasteiger partial charge in [0.05, 0.1) is 22.5 Å². The highest BCUT2D eigenvalue weighted by molar-refractivity contribution is 9.10. The molecule has 0 spiro atoms. The van der Waals surface area contributed by atoms with E-state index in [0.29, 0.717) is 21.4 Å². The molecule has 3 aromatic heterocycles. The summed E-state index contributed by atoms with van der Waals surface area (Å²) in [6.45, 7) is 2.12. The molecule has 0 aliphatic rings. The molecule has 0 unspecified atom stereocenters. The second-order valence-electron chi connectivity index (χ2n) is 9.01. The van der Waals surface area contributed by atoms with Crippen LogP contribution in [0.15, 0.2) is 110 Å². The maximum Gasteiger partial charge on any atom is 0.292 e. The Labute approximate surface area is 232 Å². The number of hydrogen-bond acceptors (Lipinski definition) is 6. The molecule has 1 amide bonds. The second kappa shape index (κ2) is 9.79. The Hall–Kier alpha value is -4.28. The maximum absolute atomic E-state index is 14.2. The summed E-state index contributed by atoms with van der Waals surface area (Å²) in [5.41, 5.74) is 3.45. The van der Waals surface area contributed by atoms with Crippen molar-refractivity contribution < 1.29 is 17.6 Å². The lowest BCUT2D eigenvalue weighted by molar-refractivity contribution is 0.0994. The topological polar surface area (TPSA) is 107 Å². The first-order valence-electron chi connectivity index (χ1n) is 12.0. The van der Waals surface area contributed by atoms with E-state index in [-0.39, 0.29) is 33.4 Å². The number of anilines is 1. The molecule has 0 saturated heterocycles. The van der Waals surface area contributed by atoms with Gasteiger partial charge in [-0.1, -0.05) is 60.2 Å². The van der Waals surface area contributed by atoms with Gasteiger partial charge in [0.25, 0.3) is 5.91 Å². The molecule has 1 N–H and O–H groups in total. The molecule has 8 nitrogen and oxygen atoms in total. The van der Waals surface area contributed by atoms with Crippen molar-refractivity contribution in [3.63, 3.8) is 0 Å². The lowest BCUT2D eigenvalue weighted by atomic mass is 10.2. The number of hydrogen-bond donors (Lipinski definition) is 1. The van der Waals surface area contributed by atoms with Crippen LogP contribution in [0.1, 0.15) is 21.7 Å². The van der Waals surface area contributed by atoms with Crippen molar-refractivity contribution in [3.8, 4) is 0 Å². The Balaban J connectivity index is 1.67. The van der Waals surface area contributed by atoms with Crippen LogP contribution in [0.5, 0.6) is 0 Å². The van der Waals surface area contributed by atoms with Gasteiger partial charge in [0.2, 0.25) is 9.84 Å². The fourth-order valence-corrected chi connectivity index (χ4v) is 6.26. The van der Waals surface area contributed by atoms with Gasteiger partial charge < -0.3 is 14.3 Å². The Bertz CT molecular complexity index is 1960. The normalized spacial score (nSPS) is 11.7. The van der Waals surface area contributed by atoms with Gasteiger partial charge in [0, 0.05) is 0 Å². The number of fused-ring (bicyclic) bond motifs is 2. The fourth-order valence-electron chi connectivity index (χ4n) is 4.41. The van der Waals surface area contributed by atoms with Gasteiger partial charge in [0.1, 0.15) is 16.2 Å². The van der Waals surface area contributed by atoms with Crippen molar-refractivity contribution in [3.05, 3.63) is 113 Å². The highest BCUT2D eigenvalue weighted by Crippen LogP contribution is 2.38.